The van der Waals surface area contributed by atoms with Crippen LogP contribution in [-0.2, 0) is 0 Å². The van der Waals surface area contributed by atoms with Gasteiger partial charge in [0.1, 0.15) is 0 Å². The first kappa shape index (κ1) is 11.5. The lowest BCUT2D eigenvalue weighted by Gasteiger charge is -2.10. The van der Waals surface area contributed by atoms with E-state index in [0.29, 0.717) is 11.3 Å². The largest absolute Gasteiger partial charge is 0.398 e. The number of rotatable bonds is 3. The van der Waals surface area contributed by atoms with E-state index in [-0.39, 0.29) is 12.5 Å². The molecule has 1 aromatic rings. The predicted molar refractivity (Wildman–Crippen MR) is 59.6 cm³/mol. The lowest BCUT2D eigenvalue weighted by molar-refractivity contribution is 0.0925. The summed E-state index contributed by atoms with van der Waals surface area (Å²) in [4.78, 5) is 11.6. The number of nitrogen functional groups attached to an aromatic ring is 1. The van der Waals surface area contributed by atoms with Crippen molar-refractivity contribution in [2.75, 3.05) is 12.3 Å². The molecule has 1 atom stereocenters. The van der Waals surface area contributed by atoms with Gasteiger partial charge in [-0.1, -0.05) is 12.1 Å². The highest BCUT2D eigenvalue weighted by Crippen LogP contribution is 2.15. The highest BCUT2D eigenvalue weighted by Gasteiger charge is 2.10. The van der Waals surface area contributed by atoms with Gasteiger partial charge in [0.05, 0.1) is 11.7 Å². The zero-order chi connectivity index (χ0) is 11.4. The summed E-state index contributed by atoms with van der Waals surface area (Å²) in [6.45, 7) is 3.69. The third-order valence-corrected chi connectivity index (χ3v) is 2.13. The minimum Gasteiger partial charge on any atom is -0.398 e. The molecule has 82 valence electrons. The second kappa shape index (κ2) is 4.79. The number of aryl methyl sites for hydroxylation is 1. The Hall–Kier alpha value is -1.55. The molecule has 0 unspecified atom stereocenters. The van der Waals surface area contributed by atoms with Crippen molar-refractivity contribution < 1.29 is 9.90 Å². The molecule has 0 saturated heterocycles. The van der Waals surface area contributed by atoms with Gasteiger partial charge in [0.25, 0.3) is 5.91 Å². The molecule has 0 aromatic heterocycles. The normalized spacial score (nSPS) is 12.2. The van der Waals surface area contributed by atoms with Crippen LogP contribution in [-0.4, -0.2) is 23.7 Å². The van der Waals surface area contributed by atoms with Gasteiger partial charge in [-0.25, -0.2) is 0 Å². The van der Waals surface area contributed by atoms with E-state index in [4.69, 9.17) is 10.8 Å². The van der Waals surface area contributed by atoms with Crippen molar-refractivity contribution >= 4 is 11.6 Å². The topological polar surface area (TPSA) is 75.3 Å². The zero-order valence-corrected chi connectivity index (χ0v) is 8.95. The van der Waals surface area contributed by atoms with Crippen molar-refractivity contribution in [2.45, 2.75) is 20.0 Å². The number of anilines is 1. The van der Waals surface area contributed by atoms with Gasteiger partial charge in [0, 0.05) is 12.2 Å². The third-order valence-electron chi connectivity index (χ3n) is 2.13. The fraction of sp³-hybridized carbons (Fsp3) is 0.364. The lowest BCUT2D eigenvalue weighted by Crippen LogP contribution is -2.31. The Bertz CT molecular complexity index is 362. The van der Waals surface area contributed by atoms with Crippen LogP contribution < -0.4 is 11.1 Å². The summed E-state index contributed by atoms with van der Waals surface area (Å²) in [5.74, 6) is -0.253. The average Bonchev–Trinajstić information content (AvgIpc) is 2.18. The van der Waals surface area contributed by atoms with Crippen molar-refractivity contribution in [1.82, 2.24) is 5.32 Å². The van der Waals surface area contributed by atoms with Crippen LogP contribution in [0.25, 0.3) is 0 Å². The summed E-state index contributed by atoms with van der Waals surface area (Å²) in [6, 6.07) is 5.30. The summed E-state index contributed by atoms with van der Waals surface area (Å²) >= 11 is 0. The van der Waals surface area contributed by atoms with Crippen LogP contribution in [0.2, 0.25) is 0 Å². The number of carbonyl (C=O) groups excluding carboxylic acids is 1. The Balaban J connectivity index is 2.78. The fourth-order valence-corrected chi connectivity index (χ4v) is 1.21. The summed E-state index contributed by atoms with van der Waals surface area (Å²) in [5, 5.41) is 11.6. The van der Waals surface area contributed by atoms with Gasteiger partial charge in [-0.2, -0.15) is 0 Å². The number of carbonyl (C=O) groups is 1. The molecule has 15 heavy (non-hydrogen) atoms. The second-order valence-electron chi connectivity index (χ2n) is 3.60. The van der Waals surface area contributed by atoms with Crippen LogP contribution in [0.15, 0.2) is 18.2 Å². The molecular weight excluding hydrogens is 192 g/mol. The van der Waals surface area contributed by atoms with Crippen molar-refractivity contribution in [3.05, 3.63) is 29.3 Å². The molecule has 4 nitrogen and oxygen atoms in total. The maximum atomic E-state index is 11.6. The van der Waals surface area contributed by atoms with Crippen molar-refractivity contribution in [1.29, 1.82) is 0 Å². The Kier molecular flexibility index (Phi) is 3.68. The van der Waals surface area contributed by atoms with Gasteiger partial charge in [0.15, 0.2) is 0 Å². The van der Waals surface area contributed by atoms with Crippen molar-refractivity contribution in [3.8, 4) is 0 Å². The molecule has 0 aliphatic carbocycles. The maximum Gasteiger partial charge on any atom is 0.253 e. The summed E-state index contributed by atoms with van der Waals surface area (Å²) in [7, 11) is 0. The van der Waals surface area contributed by atoms with Crippen LogP contribution in [0.3, 0.4) is 0 Å². The first-order chi connectivity index (χ1) is 7.02. The Morgan fingerprint density at radius 2 is 2.27 bits per heavy atom. The van der Waals surface area contributed by atoms with Gasteiger partial charge in [-0.15, -0.1) is 0 Å². The molecule has 0 fully saturated rings. The van der Waals surface area contributed by atoms with Crippen molar-refractivity contribution in [2.24, 2.45) is 0 Å². The SMILES string of the molecule is Cc1cccc(C(=O)NC[C@H](C)O)c1N. The van der Waals surface area contributed by atoms with E-state index in [0.717, 1.165) is 5.56 Å². The number of benzene rings is 1. The first-order valence-corrected chi connectivity index (χ1v) is 4.83. The predicted octanol–water partition coefficient (Wildman–Crippen LogP) is 0.688. The van der Waals surface area contributed by atoms with Gasteiger partial charge < -0.3 is 16.2 Å². The van der Waals surface area contributed by atoms with Crippen LogP contribution in [0, 0.1) is 6.92 Å². The molecule has 0 heterocycles. The summed E-state index contributed by atoms with van der Waals surface area (Å²) in [6.07, 6.45) is -0.556. The Labute approximate surface area is 89.1 Å². The van der Waals surface area contributed by atoms with Crippen LogP contribution in [0.4, 0.5) is 5.69 Å². The number of nitrogens with two attached hydrogens (primary N) is 1. The molecule has 0 bridgehead atoms. The van der Waals surface area contributed by atoms with Crippen molar-refractivity contribution in [3.63, 3.8) is 0 Å². The Morgan fingerprint density at radius 3 is 2.87 bits per heavy atom. The first-order valence-electron chi connectivity index (χ1n) is 4.83. The van der Waals surface area contributed by atoms with E-state index in [9.17, 15) is 4.79 Å². The molecule has 4 N–H and O–H groups in total. The maximum absolute atomic E-state index is 11.6. The molecule has 1 amide bonds. The fourth-order valence-electron chi connectivity index (χ4n) is 1.21. The number of aliphatic hydroxyl groups is 1. The second-order valence-corrected chi connectivity index (χ2v) is 3.60. The lowest BCUT2D eigenvalue weighted by atomic mass is 10.1. The summed E-state index contributed by atoms with van der Waals surface area (Å²) in [5.41, 5.74) is 7.58. The van der Waals surface area contributed by atoms with E-state index < -0.39 is 6.10 Å². The molecular formula is C11H16N2O2. The molecule has 0 spiro atoms. The number of para-hydroxylation sites is 1. The standard InChI is InChI=1S/C11H16N2O2/c1-7-4-3-5-9(10(7)12)11(15)13-6-8(2)14/h3-5,8,14H,6,12H2,1-2H3,(H,13,15)/t8-/m0/s1. The summed E-state index contributed by atoms with van der Waals surface area (Å²) < 4.78 is 0. The number of hydrogen-bond donors (Lipinski definition) is 3. The van der Waals surface area contributed by atoms with E-state index in [1.54, 1.807) is 19.1 Å². The minimum absolute atomic E-state index is 0.228. The van der Waals surface area contributed by atoms with Gasteiger partial charge in [0.2, 0.25) is 0 Å². The van der Waals surface area contributed by atoms with Gasteiger partial charge in [-0.05, 0) is 25.5 Å². The number of nitrogens with one attached hydrogen (secondary N) is 1. The van der Waals surface area contributed by atoms with E-state index in [1.165, 1.54) is 0 Å². The average molecular weight is 208 g/mol. The molecule has 0 radical (unpaired) electrons. The number of hydrogen-bond acceptors (Lipinski definition) is 3. The van der Waals surface area contributed by atoms with E-state index >= 15 is 0 Å². The van der Waals surface area contributed by atoms with Crippen LogP contribution in [0.1, 0.15) is 22.8 Å². The molecule has 1 aromatic carbocycles. The third kappa shape index (κ3) is 2.95. The molecule has 4 heteroatoms. The Morgan fingerprint density at radius 1 is 1.60 bits per heavy atom. The molecule has 1 rings (SSSR count). The minimum atomic E-state index is -0.556. The number of aliphatic hydroxyl groups excluding tert-OH is 1. The smallest absolute Gasteiger partial charge is 0.253 e. The number of amides is 1. The van der Waals surface area contributed by atoms with E-state index in [1.807, 2.05) is 13.0 Å². The highest BCUT2D eigenvalue weighted by atomic mass is 16.3. The molecule has 0 aliphatic heterocycles. The van der Waals surface area contributed by atoms with E-state index in [2.05, 4.69) is 5.32 Å². The quantitative estimate of drug-likeness (QED) is 0.640. The van der Waals surface area contributed by atoms with Crippen LogP contribution in [0.5, 0.6) is 0 Å². The molecule has 0 saturated carbocycles. The highest BCUT2D eigenvalue weighted by molar-refractivity contribution is 5.99. The van der Waals surface area contributed by atoms with Gasteiger partial charge in [-0.3, -0.25) is 4.79 Å². The zero-order valence-electron chi connectivity index (χ0n) is 8.95. The van der Waals surface area contributed by atoms with Gasteiger partial charge >= 0.3 is 0 Å². The monoisotopic (exact) mass is 208 g/mol. The molecule has 0 aliphatic rings. The van der Waals surface area contributed by atoms with Crippen LogP contribution >= 0.6 is 0 Å².